The monoisotopic (exact) mass is 441 g/mol. The Morgan fingerprint density at radius 1 is 1.03 bits per heavy atom. The first kappa shape index (κ1) is 21.5. The van der Waals surface area contributed by atoms with Crippen LogP contribution < -0.4 is 10.1 Å². The molecule has 0 amide bonds. The molecular formula is C22H27N5O3S. The number of hydrogen-bond acceptors (Lipinski definition) is 7. The van der Waals surface area contributed by atoms with E-state index in [1.807, 2.05) is 25.1 Å². The van der Waals surface area contributed by atoms with E-state index in [-0.39, 0.29) is 0 Å². The second-order valence-corrected chi connectivity index (χ2v) is 9.45. The highest BCUT2D eigenvalue weighted by atomic mass is 32.2. The van der Waals surface area contributed by atoms with E-state index >= 15 is 0 Å². The predicted octanol–water partition coefficient (Wildman–Crippen LogP) is 2.37. The zero-order valence-electron chi connectivity index (χ0n) is 17.8. The van der Waals surface area contributed by atoms with Gasteiger partial charge in [0.2, 0.25) is 10.0 Å². The van der Waals surface area contributed by atoms with Gasteiger partial charge in [0.25, 0.3) is 0 Å². The van der Waals surface area contributed by atoms with Crippen molar-refractivity contribution < 1.29 is 13.2 Å². The van der Waals surface area contributed by atoms with Crippen LogP contribution in [0.2, 0.25) is 0 Å². The van der Waals surface area contributed by atoms with Gasteiger partial charge in [0.05, 0.1) is 17.5 Å². The first-order valence-corrected chi connectivity index (χ1v) is 11.7. The van der Waals surface area contributed by atoms with Crippen molar-refractivity contribution in [2.24, 2.45) is 0 Å². The van der Waals surface area contributed by atoms with Gasteiger partial charge in [0.15, 0.2) is 0 Å². The fourth-order valence-corrected chi connectivity index (χ4v) is 5.15. The minimum absolute atomic E-state index is 0.302. The van der Waals surface area contributed by atoms with Gasteiger partial charge < -0.3 is 10.1 Å². The number of anilines is 1. The second kappa shape index (κ2) is 9.17. The van der Waals surface area contributed by atoms with Crippen LogP contribution in [0, 0.1) is 6.92 Å². The molecular weight excluding hydrogens is 414 g/mol. The fraction of sp³-hybridized carbons (Fsp3) is 0.364. The van der Waals surface area contributed by atoms with Gasteiger partial charge in [-0.3, -0.25) is 9.88 Å². The maximum Gasteiger partial charge on any atom is 0.243 e. The molecule has 2 aromatic heterocycles. The van der Waals surface area contributed by atoms with Gasteiger partial charge in [-0.25, -0.2) is 13.4 Å². The summed E-state index contributed by atoms with van der Waals surface area (Å²) in [5.41, 5.74) is 1.90. The number of nitrogens with zero attached hydrogens (tertiary/aromatic N) is 4. The van der Waals surface area contributed by atoms with Gasteiger partial charge in [-0.15, -0.1) is 0 Å². The number of sulfonamides is 1. The Morgan fingerprint density at radius 3 is 2.48 bits per heavy atom. The van der Waals surface area contributed by atoms with Crippen LogP contribution in [0.3, 0.4) is 0 Å². The zero-order valence-corrected chi connectivity index (χ0v) is 18.6. The average Bonchev–Trinajstić information content (AvgIpc) is 2.79. The molecule has 0 atom stereocenters. The molecule has 4 rings (SSSR count). The van der Waals surface area contributed by atoms with Crippen LogP contribution in [-0.4, -0.2) is 74.0 Å². The lowest BCUT2D eigenvalue weighted by molar-refractivity contribution is 0.194. The molecule has 0 bridgehead atoms. The van der Waals surface area contributed by atoms with E-state index in [0.29, 0.717) is 36.8 Å². The van der Waals surface area contributed by atoms with Gasteiger partial charge in [-0.05, 0) is 49.4 Å². The Morgan fingerprint density at radius 2 is 1.77 bits per heavy atom. The number of pyridine rings is 2. The van der Waals surface area contributed by atoms with E-state index < -0.39 is 10.0 Å². The van der Waals surface area contributed by atoms with Crippen molar-refractivity contribution in [1.82, 2.24) is 19.2 Å². The lowest BCUT2D eigenvalue weighted by Gasteiger charge is -2.34. The van der Waals surface area contributed by atoms with Gasteiger partial charge in [0, 0.05) is 56.5 Å². The van der Waals surface area contributed by atoms with Crippen molar-refractivity contribution in [3.05, 3.63) is 54.4 Å². The van der Waals surface area contributed by atoms with Crippen LogP contribution in [0.15, 0.2) is 53.6 Å². The molecule has 8 nitrogen and oxygen atoms in total. The highest BCUT2D eigenvalue weighted by Crippen LogP contribution is 2.21. The number of aromatic nitrogens is 2. The summed E-state index contributed by atoms with van der Waals surface area (Å²) in [6.07, 6.45) is 1.77. The Bertz CT molecular complexity index is 1140. The van der Waals surface area contributed by atoms with Crippen LogP contribution in [0.5, 0.6) is 5.75 Å². The molecule has 3 heterocycles. The number of ether oxygens (including phenoxy) is 1. The standard InChI is InChI=1S/C22H27N5O3S/c1-17-20-7-8-22(25-21(20)9-10-23-17)24-11-12-26-13-15-27(16-14-26)31(28,29)19-5-3-18(30-2)4-6-19/h3-10H,11-16H2,1-2H3,(H,24,25). The highest BCUT2D eigenvalue weighted by Gasteiger charge is 2.28. The minimum Gasteiger partial charge on any atom is -0.497 e. The number of rotatable bonds is 7. The summed E-state index contributed by atoms with van der Waals surface area (Å²) in [5, 5.41) is 4.42. The summed E-state index contributed by atoms with van der Waals surface area (Å²) >= 11 is 0. The number of hydrogen-bond donors (Lipinski definition) is 1. The number of piperazine rings is 1. The number of methoxy groups -OCH3 is 1. The van der Waals surface area contributed by atoms with Gasteiger partial charge in [-0.2, -0.15) is 4.31 Å². The molecule has 0 spiro atoms. The van der Waals surface area contributed by atoms with Gasteiger partial charge >= 0.3 is 0 Å². The third kappa shape index (κ3) is 4.79. The fourth-order valence-electron chi connectivity index (χ4n) is 3.73. The van der Waals surface area contributed by atoms with Crippen LogP contribution in [0.1, 0.15) is 5.69 Å². The summed E-state index contributed by atoms with van der Waals surface area (Å²) in [4.78, 5) is 11.5. The smallest absolute Gasteiger partial charge is 0.243 e. The van der Waals surface area contributed by atoms with Crippen molar-refractivity contribution in [1.29, 1.82) is 0 Å². The molecule has 1 aliphatic rings. The SMILES string of the molecule is COc1ccc(S(=O)(=O)N2CCN(CCNc3ccc4c(C)nccc4n3)CC2)cc1. The lowest BCUT2D eigenvalue weighted by atomic mass is 10.2. The minimum atomic E-state index is -3.48. The van der Waals surface area contributed by atoms with E-state index in [9.17, 15) is 8.42 Å². The number of fused-ring (bicyclic) bond motifs is 1. The quantitative estimate of drug-likeness (QED) is 0.602. The summed E-state index contributed by atoms with van der Waals surface area (Å²) in [6.45, 7) is 5.91. The summed E-state index contributed by atoms with van der Waals surface area (Å²) in [7, 11) is -1.92. The van der Waals surface area contributed by atoms with E-state index in [1.165, 1.54) is 0 Å². The highest BCUT2D eigenvalue weighted by molar-refractivity contribution is 7.89. The maximum atomic E-state index is 12.9. The zero-order chi connectivity index (χ0) is 21.8. The Kier molecular flexibility index (Phi) is 6.35. The molecule has 1 aromatic carbocycles. The van der Waals surface area contributed by atoms with Crippen molar-refractivity contribution in [2.45, 2.75) is 11.8 Å². The molecule has 0 unspecified atom stereocenters. The lowest BCUT2D eigenvalue weighted by Crippen LogP contribution is -2.49. The molecule has 1 aliphatic heterocycles. The van der Waals surface area contributed by atoms with Crippen molar-refractivity contribution in [2.75, 3.05) is 51.7 Å². The van der Waals surface area contributed by atoms with Gasteiger partial charge in [-0.1, -0.05) is 0 Å². The molecule has 1 N–H and O–H groups in total. The average molecular weight is 442 g/mol. The van der Waals surface area contributed by atoms with Crippen LogP contribution >= 0.6 is 0 Å². The summed E-state index contributed by atoms with van der Waals surface area (Å²) < 4.78 is 32.4. The molecule has 1 saturated heterocycles. The Balaban J connectivity index is 1.28. The largest absolute Gasteiger partial charge is 0.497 e. The Labute approximate surface area is 182 Å². The van der Waals surface area contributed by atoms with Crippen molar-refractivity contribution in [3.8, 4) is 5.75 Å². The maximum absolute atomic E-state index is 12.9. The van der Waals surface area contributed by atoms with Crippen molar-refractivity contribution >= 4 is 26.7 Å². The molecule has 9 heteroatoms. The molecule has 0 saturated carbocycles. The number of benzene rings is 1. The topological polar surface area (TPSA) is 87.7 Å². The normalized spacial score (nSPS) is 15.8. The summed E-state index contributed by atoms with van der Waals surface area (Å²) in [6, 6.07) is 12.5. The van der Waals surface area contributed by atoms with E-state index in [1.54, 1.807) is 41.9 Å². The molecule has 1 fully saturated rings. The molecule has 164 valence electrons. The third-order valence-corrected chi connectivity index (χ3v) is 7.49. The molecule has 0 radical (unpaired) electrons. The summed E-state index contributed by atoms with van der Waals surface area (Å²) in [5.74, 6) is 1.47. The van der Waals surface area contributed by atoms with Gasteiger partial charge in [0.1, 0.15) is 11.6 Å². The van der Waals surface area contributed by atoms with Crippen LogP contribution in [0.25, 0.3) is 10.9 Å². The molecule has 0 aliphatic carbocycles. The molecule has 3 aromatic rings. The second-order valence-electron chi connectivity index (χ2n) is 7.51. The third-order valence-electron chi connectivity index (χ3n) is 5.58. The van der Waals surface area contributed by atoms with Crippen LogP contribution in [0.4, 0.5) is 5.82 Å². The Hall–Kier alpha value is -2.75. The predicted molar refractivity (Wildman–Crippen MR) is 121 cm³/mol. The van der Waals surface area contributed by atoms with Crippen molar-refractivity contribution in [3.63, 3.8) is 0 Å². The molecule has 31 heavy (non-hydrogen) atoms. The van der Waals surface area contributed by atoms with Crippen LogP contribution in [-0.2, 0) is 10.0 Å². The van der Waals surface area contributed by atoms with E-state index in [2.05, 4.69) is 20.2 Å². The first-order chi connectivity index (χ1) is 15.0. The van der Waals surface area contributed by atoms with E-state index in [4.69, 9.17) is 4.74 Å². The number of nitrogens with one attached hydrogen (secondary N) is 1. The first-order valence-electron chi connectivity index (χ1n) is 10.3. The number of aryl methyl sites for hydroxylation is 1. The van der Waals surface area contributed by atoms with E-state index in [0.717, 1.165) is 35.5 Å².